The summed E-state index contributed by atoms with van der Waals surface area (Å²) in [4.78, 5) is 26.9. The number of amides is 3. The van der Waals surface area contributed by atoms with Gasteiger partial charge in [-0.3, -0.25) is 4.79 Å². The van der Waals surface area contributed by atoms with Gasteiger partial charge in [0.25, 0.3) is 5.91 Å². The molecule has 0 saturated carbocycles. The van der Waals surface area contributed by atoms with Crippen molar-refractivity contribution in [3.05, 3.63) is 95.1 Å². The second-order valence-corrected chi connectivity index (χ2v) is 7.27. The lowest BCUT2D eigenvalue weighted by Crippen LogP contribution is -2.36. The standard InChI is InChI=1S/C24H23N3O2/c1-17-6-5-9-21(14-17)25-24(29)26-22-11-10-18-12-13-27(16-20(18)15-22)23(28)19-7-3-2-4-8-19/h2-11,14-15H,12-13,16H2,1H3,(H2,25,26,29). The fourth-order valence-electron chi connectivity index (χ4n) is 3.59. The molecule has 0 aromatic heterocycles. The van der Waals surface area contributed by atoms with E-state index in [0.717, 1.165) is 23.2 Å². The molecule has 0 atom stereocenters. The Morgan fingerprint density at radius 2 is 1.59 bits per heavy atom. The first-order valence-electron chi connectivity index (χ1n) is 9.69. The lowest BCUT2D eigenvalue weighted by atomic mass is 9.98. The van der Waals surface area contributed by atoms with Crippen molar-refractivity contribution in [2.45, 2.75) is 19.9 Å². The SMILES string of the molecule is Cc1cccc(NC(=O)Nc2ccc3c(c2)CN(C(=O)c2ccccc2)CC3)c1. The predicted octanol–water partition coefficient (Wildman–Crippen LogP) is 4.84. The minimum Gasteiger partial charge on any atom is -0.334 e. The summed E-state index contributed by atoms with van der Waals surface area (Å²) in [5.41, 5.74) is 5.52. The highest BCUT2D eigenvalue weighted by Crippen LogP contribution is 2.24. The largest absolute Gasteiger partial charge is 0.334 e. The Balaban J connectivity index is 1.44. The molecular weight excluding hydrogens is 362 g/mol. The fraction of sp³-hybridized carbons (Fsp3) is 0.167. The van der Waals surface area contributed by atoms with Crippen LogP contribution in [0.5, 0.6) is 0 Å². The molecular formula is C24H23N3O2. The monoisotopic (exact) mass is 385 g/mol. The van der Waals surface area contributed by atoms with Crippen LogP contribution in [0.1, 0.15) is 27.0 Å². The minimum atomic E-state index is -0.288. The number of anilines is 2. The minimum absolute atomic E-state index is 0.0341. The Bertz CT molecular complexity index is 1050. The topological polar surface area (TPSA) is 61.4 Å². The highest BCUT2D eigenvalue weighted by atomic mass is 16.2. The molecule has 4 rings (SSSR count). The number of nitrogens with zero attached hydrogens (tertiary/aromatic N) is 1. The molecule has 0 saturated heterocycles. The second kappa shape index (κ2) is 8.19. The van der Waals surface area contributed by atoms with Crippen molar-refractivity contribution in [1.82, 2.24) is 4.90 Å². The Kier molecular flexibility index (Phi) is 5.29. The summed E-state index contributed by atoms with van der Waals surface area (Å²) in [6.07, 6.45) is 0.809. The van der Waals surface area contributed by atoms with Gasteiger partial charge in [-0.15, -0.1) is 0 Å². The molecule has 3 aromatic carbocycles. The molecule has 5 heteroatoms. The van der Waals surface area contributed by atoms with Crippen LogP contribution >= 0.6 is 0 Å². The van der Waals surface area contributed by atoms with Gasteiger partial charge >= 0.3 is 6.03 Å². The van der Waals surface area contributed by atoms with Crippen molar-refractivity contribution in [2.75, 3.05) is 17.2 Å². The highest BCUT2D eigenvalue weighted by Gasteiger charge is 2.22. The number of aryl methyl sites for hydroxylation is 1. The highest BCUT2D eigenvalue weighted by molar-refractivity contribution is 6.00. The summed E-state index contributed by atoms with van der Waals surface area (Å²) in [5.74, 6) is 0.0341. The average molecular weight is 385 g/mol. The maximum Gasteiger partial charge on any atom is 0.323 e. The number of carbonyl (C=O) groups is 2. The zero-order valence-corrected chi connectivity index (χ0v) is 16.3. The van der Waals surface area contributed by atoms with Crippen LogP contribution in [0, 0.1) is 6.92 Å². The molecule has 0 unspecified atom stereocenters. The van der Waals surface area contributed by atoms with E-state index in [2.05, 4.69) is 10.6 Å². The number of benzene rings is 3. The number of hydrogen-bond acceptors (Lipinski definition) is 2. The van der Waals surface area contributed by atoms with Gasteiger partial charge in [-0.25, -0.2) is 4.79 Å². The van der Waals surface area contributed by atoms with Gasteiger partial charge in [-0.1, -0.05) is 36.4 Å². The summed E-state index contributed by atoms with van der Waals surface area (Å²) in [5, 5.41) is 5.73. The van der Waals surface area contributed by atoms with Crippen molar-refractivity contribution in [2.24, 2.45) is 0 Å². The van der Waals surface area contributed by atoms with Gasteiger partial charge in [-0.05, 0) is 66.4 Å². The molecule has 5 nitrogen and oxygen atoms in total. The first-order chi connectivity index (χ1) is 14.1. The Morgan fingerprint density at radius 3 is 2.34 bits per heavy atom. The van der Waals surface area contributed by atoms with Gasteiger partial charge in [0.2, 0.25) is 0 Å². The van der Waals surface area contributed by atoms with Crippen LogP contribution in [0.25, 0.3) is 0 Å². The number of fused-ring (bicyclic) bond motifs is 1. The average Bonchev–Trinajstić information content (AvgIpc) is 2.73. The molecule has 1 aliphatic rings. The number of nitrogens with one attached hydrogen (secondary N) is 2. The molecule has 146 valence electrons. The van der Waals surface area contributed by atoms with Crippen molar-refractivity contribution in [3.63, 3.8) is 0 Å². The number of hydrogen-bond donors (Lipinski definition) is 2. The molecule has 2 N–H and O–H groups in total. The molecule has 1 heterocycles. The van der Waals surface area contributed by atoms with E-state index in [1.807, 2.05) is 84.6 Å². The van der Waals surface area contributed by atoms with Crippen LogP contribution in [0.2, 0.25) is 0 Å². The van der Waals surface area contributed by atoms with E-state index < -0.39 is 0 Å². The number of carbonyl (C=O) groups excluding carboxylic acids is 2. The van der Waals surface area contributed by atoms with Crippen molar-refractivity contribution < 1.29 is 9.59 Å². The van der Waals surface area contributed by atoms with Gasteiger partial charge in [0.15, 0.2) is 0 Å². The van der Waals surface area contributed by atoms with Crippen LogP contribution in [0.3, 0.4) is 0 Å². The Hall–Kier alpha value is -3.60. The molecule has 0 bridgehead atoms. The third-order valence-electron chi connectivity index (χ3n) is 5.06. The van der Waals surface area contributed by atoms with Crippen LogP contribution in [-0.4, -0.2) is 23.4 Å². The Labute approximate surface area is 170 Å². The van der Waals surface area contributed by atoms with Gasteiger partial charge in [0, 0.05) is 30.0 Å². The molecule has 0 fully saturated rings. The van der Waals surface area contributed by atoms with Crippen LogP contribution in [0.4, 0.5) is 16.2 Å². The number of urea groups is 1. The van der Waals surface area contributed by atoms with Gasteiger partial charge in [-0.2, -0.15) is 0 Å². The summed E-state index contributed by atoms with van der Waals surface area (Å²) < 4.78 is 0. The van der Waals surface area contributed by atoms with E-state index in [1.165, 1.54) is 5.56 Å². The predicted molar refractivity (Wildman–Crippen MR) is 115 cm³/mol. The van der Waals surface area contributed by atoms with E-state index in [0.29, 0.717) is 24.3 Å². The summed E-state index contributed by atoms with van der Waals surface area (Å²) >= 11 is 0. The van der Waals surface area contributed by atoms with Crippen LogP contribution in [-0.2, 0) is 13.0 Å². The maximum absolute atomic E-state index is 12.7. The zero-order chi connectivity index (χ0) is 20.2. The molecule has 0 radical (unpaired) electrons. The van der Waals surface area contributed by atoms with Crippen molar-refractivity contribution in [3.8, 4) is 0 Å². The van der Waals surface area contributed by atoms with Gasteiger partial charge < -0.3 is 15.5 Å². The fourth-order valence-corrected chi connectivity index (χ4v) is 3.59. The smallest absolute Gasteiger partial charge is 0.323 e. The van der Waals surface area contributed by atoms with Crippen LogP contribution < -0.4 is 10.6 Å². The third-order valence-corrected chi connectivity index (χ3v) is 5.06. The normalized spacial score (nSPS) is 12.8. The van der Waals surface area contributed by atoms with Gasteiger partial charge in [0.1, 0.15) is 0 Å². The lowest BCUT2D eigenvalue weighted by molar-refractivity contribution is 0.0734. The summed E-state index contributed by atoms with van der Waals surface area (Å²) in [6, 6.07) is 22.6. The molecule has 1 aliphatic heterocycles. The molecule has 3 amide bonds. The van der Waals surface area contributed by atoms with E-state index >= 15 is 0 Å². The first-order valence-corrected chi connectivity index (χ1v) is 9.69. The van der Waals surface area contributed by atoms with E-state index in [9.17, 15) is 9.59 Å². The quantitative estimate of drug-likeness (QED) is 0.678. The molecule has 0 aliphatic carbocycles. The third kappa shape index (κ3) is 4.46. The van der Waals surface area contributed by atoms with Gasteiger partial charge in [0.05, 0.1) is 0 Å². The second-order valence-electron chi connectivity index (χ2n) is 7.27. The van der Waals surface area contributed by atoms with E-state index in [-0.39, 0.29) is 11.9 Å². The van der Waals surface area contributed by atoms with E-state index in [1.54, 1.807) is 0 Å². The number of rotatable bonds is 3. The van der Waals surface area contributed by atoms with Crippen LogP contribution in [0.15, 0.2) is 72.8 Å². The Morgan fingerprint density at radius 1 is 0.828 bits per heavy atom. The van der Waals surface area contributed by atoms with E-state index in [4.69, 9.17) is 0 Å². The maximum atomic E-state index is 12.7. The molecule has 3 aromatic rings. The summed E-state index contributed by atoms with van der Waals surface area (Å²) in [6.45, 7) is 3.22. The zero-order valence-electron chi connectivity index (χ0n) is 16.3. The van der Waals surface area contributed by atoms with Crippen molar-refractivity contribution in [1.29, 1.82) is 0 Å². The first kappa shape index (κ1) is 18.7. The summed E-state index contributed by atoms with van der Waals surface area (Å²) in [7, 11) is 0. The lowest BCUT2D eigenvalue weighted by Gasteiger charge is -2.29. The van der Waals surface area contributed by atoms with Crippen molar-refractivity contribution >= 4 is 23.3 Å². The molecule has 0 spiro atoms. The molecule has 29 heavy (non-hydrogen) atoms.